The number of amides is 1. The lowest BCUT2D eigenvalue weighted by molar-refractivity contribution is 0.0955. The molecule has 0 spiro atoms. The maximum absolute atomic E-state index is 11.4. The molecule has 1 rings (SSSR count). The summed E-state index contributed by atoms with van der Waals surface area (Å²) in [4.78, 5) is 11.4. The largest absolute Gasteiger partial charge is 0.398 e. The summed E-state index contributed by atoms with van der Waals surface area (Å²) in [5.41, 5.74) is 6.50. The number of hydrogen-bond acceptors (Lipinski definition) is 3. The normalized spacial score (nSPS) is 9.07. The van der Waals surface area contributed by atoms with Gasteiger partial charge in [-0.2, -0.15) is 5.26 Å². The van der Waals surface area contributed by atoms with Crippen LogP contribution in [0.4, 0.5) is 5.69 Å². The summed E-state index contributed by atoms with van der Waals surface area (Å²) in [5, 5.41) is 10.9. The van der Waals surface area contributed by atoms with Crippen LogP contribution in [-0.4, -0.2) is 12.5 Å². The first kappa shape index (κ1) is 10.1. The summed E-state index contributed by atoms with van der Waals surface area (Å²) >= 11 is 0. The third kappa shape index (κ3) is 2.49. The third-order valence-corrected chi connectivity index (χ3v) is 1.73. The predicted octanol–water partition coefficient (Wildman–Crippen LogP) is 0.912. The van der Waals surface area contributed by atoms with E-state index in [1.54, 1.807) is 24.3 Å². The number of para-hydroxylation sites is 1. The van der Waals surface area contributed by atoms with E-state index >= 15 is 0 Å². The van der Waals surface area contributed by atoms with Gasteiger partial charge >= 0.3 is 0 Å². The van der Waals surface area contributed by atoms with Crippen LogP contribution >= 0.6 is 0 Å². The molecule has 4 nitrogen and oxygen atoms in total. The van der Waals surface area contributed by atoms with Crippen LogP contribution in [0.15, 0.2) is 24.3 Å². The van der Waals surface area contributed by atoms with Gasteiger partial charge in [0.25, 0.3) is 5.91 Å². The van der Waals surface area contributed by atoms with Gasteiger partial charge in [-0.15, -0.1) is 0 Å². The number of nitrogens with two attached hydrogens (primary N) is 1. The fourth-order valence-corrected chi connectivity index (χ4v) is 1.03. The summed E-state index contributed by atoms with van der Waals surface area (Å²) in [6.45, 7) is 0.351. The van der Waals surface area contributed by atoms with E-state index in [9.17, 15) is 4.79 Å². The molecule has 0 fully saturated rings. The molecule has 0 aromatic heterocycles. The smallest absolute Gasteiger partial charge is 0.253 e. The topological polar surface area (TPSA) is 78.9 Å². The zero-order valence-electron chi connectivity index (χ0n) is 7.66. The van der Waals surface area contributed by atoms with E-state index < -0.39 is 0 Å². The number of hydrogen-bond donors (Lipinski definition) is 2. The second kappa shape index (κ2) is 4.87. The molecule has 0 unspecified atom stereocenters. The fourth-order valence-electron chi connectivity index (χ4n) is 1.03. The molecule has 0 atom stereocenters. The Morgan fingerprint density at radius 2 is 2.21 bits per heavy atom. The highest BCUT2D eigenvalue weighted by Crippen LogP contribution is 2.09. The van der Waals surface area contributed by atoms with Gasteiger partial charge < -0.3 is 11.1 Å². The number of nitrogens with one attached hydrogen (secondary N) is 1. The molecule has 1 amide bonds. The van der Waals surface area contributed by atoms with Gasteiger partial charge in [0.2, 0.25) is 0 Å². The molecule has 1 aromatic rings. The van der Waals surface area contributed by atoms with Gasteiger partial charge in [0.1, 0.15) is 0 Å². The molecule has 14 heavy (non-hydrogen) atoms. The average molecular weight is 189 g/mol. The van der Waals surface area contributed by atoms with Crippen molar-refractivity contribution in [3.8, 4) is 6.07 Å². The first-order valence-electron chi connectivity index (χ1n) is 4.25. The molecule has 0 radical (unpaired) electrons. The minimum Gasteiger partial charge on any atom is -0.398 e. The van der Waals surface area contributed by atoms with Crippen molar-refractivity contribution >= 4 is 11.6 Å². The Balaban J connectivity index is 2.62. The third-order valence-electron chi connectivity index (χ3n) is 1.73. The quantitative estimate of drug-likeness (QED) is 0.548. The average Bonchev–Trinajstić information content (AvgIpc) is 2.18. The Kier molecular flexibility index (Phi) is 3.50. The van der Waals surface area contributed by atoms with Gasteiger partial charge in [-0.05, 0) is 12.1 Å². The maximum atomic E-state index is 11.4. The van der Waals surface area contributed by atoms with Crippen LogP contribution in [0.1, 0.15) is 16.8 Å². The summed E-state index contributed by atoms with van der Waals surface area (Å²) in [7, 11) is 0. The van der Waals surface area contributed by atoms with E-state index in [1.165, 1.54) is 0 Å². The zero-order chi connectivity index (χ0) is 10.4. The molecule has 0 aliphatic carbocycles. The molecule has 0 aliphatic heterocycles. The van der Waals surface area contributed by atoms with Crippen molar-refractivity contribution in [3.05, 3.63) is 29.8 Å². The molecule has 4 heteroatoms. The van der Waals surface area contributed by atoms with Gasteiger partial charge in [0, 0.05) is 12.2 Å². The minimum absolute atomic E-state index is 0.238. The van der Waals surface area contributed by atoms with Crippen LogP contribution in [0.2, 0.25) is 0 Å². The van der Waals surface area contributed by atoms with Gasteiger partial charge in [-0.25, -0.2) is 0 Å². The summed E-state index contributed by atoms with van der Waals surface area (Å²) < 4.78 is 0. The first-order chi connectivity index (χ1) is 6.75. The van der Waals surface area contributed by atoms with Crippen LogP contribution in [0, 0.1) is 11.3 Å². The van der Waals surface area contributed by atoms with E-state index in [-0.39, 0.29) is 5.91 Å². The van der Waals surface area contributed by atoms with Crippen molar-refractivity contribution in [2.75, 3.05) is 12.3 Å². The lowest BCUT2D eigenvalue weighted by Gasteiger charge is -2.04. The standard InChI is InChI=1S/C10H11N3O/c11-6-3-7-13-10(14)8-4-1-2-5-9(8)12/h1-2,4-5H,3,7,12H2,(H,13,14). The number of nitrogens with zero attached hydrogens (tertiary/aromatic N) is 1. The number of nitriles is 1. The highest BCUT2D eigenvalue weighted by molar-refractivity contribution is 5.99. The fraction of sp³-hybridized carbons (Fsp3) is 0.200. The minimum atomic E-state index is -0.238. The molecular weight excluding hydrogens is 178 g/mol. The van der Waals surface area contributed by atoms with Crippen LogP contribution in [0.3, 0.4) is 0 Å². The Bertz CT molecular complexity index is 368. The molecule has 1 aromatic carbocycles. The van der Waals surface area contributed by atoms with Crippen LogP contribution < -0.4 is 11.1 Å². The molecule has 72 valence electrons. The van der Waals surface area contributed by atoms with Crippen molar-refractivity contribution in [1.29, 1.82) is 5.26 Å². The van der Waals surface area contributed by atoms with Crippen molar-refractivity contribution in [3.63, 3.8) is 0 Å². The van der Waals surface area contributed by atoms with Crippen LogP contribution in [0.25, 0.3) is 0 Å². The van der Waals surface area contributed by atoms with Crippen molar-refractivity contribution in [2.45, 2.75) is 6.42 Å². The van der Waals surface area contributed by atoms with Crippen molar-refractivity contribution in [1.82, 2.24) is 5.32 Å². The van der Waals surface area contributed by atoms with E-state index in [0.29, 0.717) is 24.2 Å². The zero-order valence-corrected chi connectivity index (χ0v) is 7.66. The molecular formula is C10H11N3O. The molecule has 0 saturated carbocycles. The summed E-state index contributed by atoms with van der Waals surface area (Å²) in [6, 6.07) is 8.77. The highest BCUT2D eigenvalue weighted by atomic mass is 16.1. The van der Waals surface area contributed by atoms with Gasteiger partial charge in [-0.1, -0.05) is 12.1 Å². The van der Waals surface area contributed by atoms with E-state index in [0.717, 1.165) is 0 Å². The Morgan fingerprint density at radius 3 is 2.86 bits per heavy atom. The highest BCUT2D eigenvalue weighted by Gasteiger charge is 2.06. The number of anilines is 1. The first-order valence-corrected chi connectivity index (χ1v) is 4.25. The number of benzene rings is 1. The molecule has 0 aliphatic rings. The number of rotatable bonds is 3. The van der Waals surface area contributed by atoms with Gasteiger partial charge in [0.15, 0.2) is 0 Å². The van der Waals surface area contributed by atoms with Crippen LogP contribution in [0.5, 0.6) is 0 Å². The molecule has 0 saturated heterocycles. The monoisotopic (exact) mass is 189 g/mol. The lowest BCUT2D eigenvalue weighted by Crippen LogP contribution is -2.24. The Hall–Kier alpha value is -2.02. The molecule has 3 N–H and O–H groups in total. The maximum Gasteiger partial charge on any atom is 0.253 e. The number of nitrogen functional groups attached to an aromatic ring is 1. The predicted molar refractivity (Wildman–Crippen MR) is 53.4 cm³/mol. The SMILES string of the molecule is N#CCCNC(=O)c1ccccc1N. The second-order valence-corrected chi connectivity index (χ2v) is 2.75. The van der Waals surface area contributed by atoms with Gasteiger partial charge in [0.05, 0.1) is 18.1 Å². The van der Waals surface area contributed by atoms with E-state index in [1.807, 2.05) is 6.07 Å². The van der Waals surface area contributed by atoms with Crippen molar-refractivity contribution in [2.24, 2.45) is 0 Å². The summed E-state index contributed by atoms with van der Waals surface area (Å²) in [5.74, 6) is -0.238. The second-order valence-electron chi connectivity index (χ2n) is 2.75. The van der Waals surface area contributed by atoms with Gasteiger partial charge in [-0.3, -0.25) is 4.79 Å². The molecule has 0 bridgehead atoms. The lowest BCUT2D eigenvalue weighted by atomic mass is 10.1. The van der Waals surface area contributed by atoms with E-state index in [4.69, 9.17) is 11.0 Å². The Labute approximate surface area is 82.3 Å². The molecule has 0 heterocycles. The van der Waals surface area contributed by atoms with Crippen molar-refractivity contribution < 1.29 is 4.79 Å². The number of carbonyl (C=O) groups excluding carboxylic acids is 1. The summed E-state index contributed by atoms with van der Waals surface area (Å²) in [6.07, 6.45) is 0.304. The van der Waals surface area contributed by atoms with E-state index in [2.05, 4.69) is 5.32 Å². The number of carbonyl (C=O) groups is 1. The Morgan fingerprint density at radius 1 is 1.50 bits per heavy atom. The van der Waals surface area contributed by atoms with Crippen LogP contribution in [-0.2, 0) is 0 Å².